The van der Waals surface area contributed by atoms with Crippen LogP contribution < -0.4 is 9.64 Å². The molecule has 5 nitrogen and oxygen atoms in total. The summed E-state index contributed by atoms with van der Waals surface area (Å²) < 4.78 is 5.56. The van der Waals surface area contributed by atoms with Gasteiger partial charge in [-0.15, -0.1) is 0 Å². The minimum Gasteiger partial charge on any atom is -0.504 e. The smallest absolute Gasteiger partial charge is 0.241 e. The molecule has 3 unspecified atom stereocenters. The molecule has 5 heteroatoms. The highest BCUT2D eigenvalue weighted by Gasteiger charge is 2.62. The van der Waals surface area contributed by atoms with Gasteiger partial charge < -0.3 is 9.84 Å². The molecular weight excluding hydrogens is 378 g/mol. The Morgan fingerprint density at radius 3 is 2.63 bits per heavy atom. The van der Waals surface area contributed by atoms with Crippen molar-refractivity contribution in [3.63, 3.8) is 0 Å². The minimum absolute atomic E-state index is 0.0435. The molecule has 154 valence electrons. The van der Waals surface area contributed by atoms with Gasteiger partial charge >= 0.3 is 0 Å². The molecule has 1 aliphatic heterocycles. The van der Waals surface area contributed by atoms with E-state index < -0.39 is 11.3 Å². The van der Waals surface area contributed by atoms with Gasteiger partial charge in [-0.05, 0) is 55.7 Å². The zero-order valence-corrected chi connectivity index (χ0v) is 17.2. The molecule has 0 bridgehead atoms. The Kier molecular flexibility index (Phi) is 4.98. The van der Waals surface area contributed by atoms with Crippen LogP contribution in [0.2, 0.25) is 0 Å². The molecule has 1 saturated heterocycles. The topological polar surface area (TPSA) is 66.8 Å². The molecule has 0 aromatic heterocycles. The highest BCUT2D eigenvalue weighted by Crippen LogP contribution is 2.57. The van der Waals surface area contributed by atoms with Gasteiger partial charge in [0, 0.05) is 5.92 Å². The van der Waals surface area contributed by atoms with Crippen LogP contribution in [0.5, 0.6) is 11.5 Å². The first-order chi connectivity index (χ1) is 14.4. The van der Waals surface area contributed by atoms with Gasteiger partial charge in [-0.1, -0.05) is 43.0 Å². The molecule has 3 atom stereocenters. The van der Waals surface area contributed by atoms with Crippen molar-refractivity contribution < 1.29 is 19.4 Å². The SMILES string of the molecule is C=CC1=CCC2C(=O)N(c3ccccc3)C(=O)C2(C)C1c1ccc(O)c(OCC)c1. The van der Waals surface area contributed by atoms with Crippen LogP contribution in [0.4, 0.5) is 5.69 Å². The average Bonchev–Trinajstić information content (AvgIpc) is 2.95. The number of hydrogen-bond acceptors (Lipinski definition) is 4. The van der Waals surface area contributed by atoms with Gasteiger partial charge in [-0.25, -0.2) is 4.90 Å². The van der Waals surface area contributed by atoms with Crippen molar-refractivity contribution in [3.05, 3.63) is 78.4 Å². The van der Waals surface area contributed by atoms with E-state index >= 15 is 0 Å². The van der Waals surface area contributed by atoms with E-state index in [0.717, 1.165) is 11.1 Å². The minimum atomic E-state index is -0.967. The fraction of sp³-hybridized carbons (Fsp3) is 0.280. The molecule has 30 heavy (non-hydrogen) atoms. The summed E-state index contributed by atoms with van der Waals surface area (Å²) >= 11 is 0. The second-order valence-electron chi connectivity index (χ2n) is 7.89. The number of aromatic hydroxyl groups is 1. The van der Waals surface area contributed by atoms with Crippen LogP contribution in [0.3, 0.4) is 0 Å². The molecule has 1 aliphatic carbocycles. The number of fused-ring (bicyclic) bond motifs is 1. The van der Waals surface area contributed by atoms with Crippen molar-refractivity contribution in [1.82, 2.24) is 0 Å². The van der Waals surface area contributed by atoms with Crippen molar-refractivity contribution in [2.24, 2.45) is 11.3 Å². The lowest BCUT2D eigenvalue weighted by atomic mass is 9.60. The fourth-order valence-corrected chi connectivity index (χ4v) is 4.83. The van der Waals surface area contributed by atoms with Crippen LogP contribution in [0, 0.1) is 11.3 Å². The first kappa shape index (κ1) is 20.0. The summed E-state index contributed by atoms with van der Waals surface area (Å²) in [6, 6.07) is 14.2. The summed E-state index contributed by atoms with van der Waals surface area (Å²) in [7, 11) is 0. The Labute approximate surface area is 176 Å². The number of allylic oxidation sites excluding steroid dienone is 3. The zero-order chi connectivity index (χ0) is 21.5. The largest absolute Gasteiger partial charge is 0.504 e. The van der Waals surface area contributed by atoms with Gasteiger partial charge in [0.25, 0.3) is 0 Å². The molecule has 2 aromatic carbocycles. The number of carbonyl (C=O) groups is 2. The summed E-state index contributed by atoms with van der Waals surface area (Å²) in [4.78, 5) is 28.4. The maximum Gasteiger partial charge on any atom is 0.241 e. The fourth-order valence-electron chi connectivity index (χ4n) is 4.83. The number of phenols is 1. The van der Waals surface area contributed by atoms with Crippen molar-refractivity contribution in [2.45, 2.75) is 26.2 Å². The first-order valence-electron chi connectivity index (χ1n) is 10.1. The van der Waals surface area contributed by atoms with E-state index in [1.807, 2.05) is 38.1 Å². The van der Waals surface area contributed by atoms with Crippen LogP contribution in [-0.2, 0) is 9.59 Å². The number of nitrogens with zero attached hydrogens (tertiary/aromatic N) is 1. The van der Waals surface area contributed by atoms with Gasteiger partial charge in [0.1, 0.15) is 0 Å². The maximum atomic E-state index is 13.8. The lowest BCUT2D eigenvalue weighted by molar-refractivity contribution is -0.127. The van der Waals surface area contributed by atoms with Crippen molar-refractivity contribution in [2.75, 3.05) is 11.5 Å². The molecule has 0 spiro atoms. The van der Waals surface area contributed by atoms with E-state index in [1.165, 1.54) is 4.90 Å². The highest BCUT2D eigenvalue weighted by atomic mass is 16.5. The van der Waals surface area contributed by atoms with Crippen LogP contribution >= 0.6 is 0 Å². The molecular formula is C25H25NO4. The highest BCUT2D eigenvalue weighted by molar-refractivity contribution is 6.24. The lowest BCUT2D eigenvalue weighted by Crippen LogP contribution is -2.41. The zero-order valence-electron chi connectivity index (χ0n) is 17.2. The van der Waals surface area contributed by atoms with Crippen molar-refractivity contribution >= 4 is 17.5 Å². The summed E-state index contributed by atoms with van der Waals surface area (Å²) in [6.07, 6.45) is 4.23. The maximum absolute atomic E-state index is 13.8. The average molecular weight is 403 g/mol. The number of benzene rings is 2. The Morgan fingerprint density at radius 1 is 1.23 bits per heavy atom. The van der Waals surface area contributed by atoms with Crippen molar-refractivity contribution in [1.29, 1.82) is 0 Å². The third-order valence-electron chi connectivity index (χ3n) is 6.30. The summed E-state index contributed by atoms with van der Waals surface area (Å²) in [6.45, 7) is 8.07. The number of imide groups is 1. The Bertz CT molecular complexity index is 1040. The first-order valence-corrected chi connectivity index (χ1v) is 10.1. The molecule has 1 heterocycles. The van der Waals surface area contributed by atoms with Crippen LogP contribution in [0.15, 0.2) is 72.8 Å². The molecule has 0 saturated carbocycles. The number of para-hydroxylation sites is 1. The molecule has 2 aliphatic rings. The van der Waals surface area contributed by atoms with Crippen LogP contribution in [0.1, 0.15) is 31.7 Å². The normalized spacial score (nSPS) is 25.7. The second-order valence-corrected chi connectivity index (χ2v) is 7.89. The number of rotatable bonds is 5. The monoisotopic (exact) mass is 403 g/mol. The van der Waals surface area contributed by atoms with Gasteiger partial charge in [-0.2, -0.15) is 0 Å². The summed E-state index contributed by atoms with van der Waals surface area (Å²) in [5.41, 5.74) is 1.33. The van der Waals surface area contributed by atoms with E-state index in [9.17, 15) is 14.7 Å². The molecule has 1 N–H and O–H groups in total. The Hall–Kier alpha value is -3.34. The summed E-state index contributed by atoms with van der Waals surface area (Å²) in [5.74, 6) is -0.834. The number of phenolic OH excluding ortho intramolecular Hbond substituents is 1. The van der Waals surface area contributed by atoms with Crippen LogP contribution in [-0.4, -0.2) is 23.5 Å². The number of hydrogen-bond donors (Lipinski definition) is 1. The lowest BCUT2D eigenvalue weighted by Gasteiger charge is -2.40. The van der Waals surface area contributed by atoms with E-state index in [2.05, 4.69) is 6.58 Å². The van der Waals surface area contributed by atoms with Gasteiger partial charge in [0.05, 0.1) is 23.6 Å². The van der Waals surface area contributed by atoms with Crippen LogP contribution in [0.25, 0.3) is 0 Å². The van der Waals surface area contributed by atoms with E-state index in [0.29, 0.717) is 24.5 Å². The van der Waals surface area contributed by atoms with E-state index in [-0.39, 0.29) is 23.5 Å². The van der Waals surface area contributed by atoms with Gasteiger partial charge in [0.15, 0.2) is 11.5 Å². The Balaban J connectivity index is 1.86. The van der Waals surface area contributed by atoms with Gasteiger partial charge in [-0.3, -0.25) is 9.59 Å². The predicted octanol–water partition coefficient (Wildman–Crippen LogP) is 4.59. The second kappa shape index (κ2) is 7.48. The molecule has 4 rings (SSSR count). The predicted molar refractivity (Wildman–Crippen MR) is 115 cm³/mol. The molecule has 2 aromatic rings. The van der Waals surface area contributed by atoms with Gasteiger partial charge in [0.2, 0.25) is 11.8 Å². The quantitative estimate of drug-likeness (QED) is 0.742. The molecule has 0 radical (unpaired) electrons. The Morgan fingerprint density at radius 2 is 1.97 bits per heavy atom. The standard InChI is InChI=1S/C25H25NO4/c1-4-16-11-13-19-23(28)26(18-9-7-6-8-10-18)24(29)25(19,3)22(16)17-12-14-20(27)21(15-17)30-5-2/h4,6-12,14-15,19,22,27H,1,5,13H2,2-3H3. The third-order valence-corrected chi connectivity index (χ3v) is 6.30. The number of amides is 2. The number of carbonyl (C=O) groups excluding carboxylic acids is 2. The van der Waals surface area contributed by atoms with E-state index in [4.69, 9.17) is 4.74 Å². The third kappa shape index (κ3) is 2.84. The molecule has 2 amide bonds. The van der Waals surface area contributed by atoms with E-state index in [1.54, 1.807) is 36.4 Å². The van der Waals surface area contributed by atoms with Crippen molar-refractivity contribution in [3.8, 4) is 11.5 Å². The number of anilines is 1. The molecule has 1 fully saturated rings. The summed E-state index contributed by atoms with van der Waals surface area (Å²) in [5, 5.41) is 10.1. The number of ether oxygens (including phenoxy) is 1.